The number of halogens is 4. The molecular formula is C19H20F4N6. The van der Waals surface area contributed by atoms with Crippen molar-refractivity contribution in [1.29, 1.82) is 0 Å². The number of piperidine rings is 1. The van der Waals surface area contributed by atoms with E-state index >= 15 is 0 Å². The van der Waals surface area contributed by atoms with E-state index in [4.69, 9.17) is 0 Å². The molecule has 4 heterocycles. The van der Waals surface area contributed by atoms with Gasteiger partial charge in [-0.2, -0.15) is 13.2 Å². The largest absolute Gasteiger partial charge is 0.397 e. The van der Waals surface area contributed by atoms with Gasteiger partial charge in [-0.15, -0.1) is 0 Å². The van der Waals surface area contributed by atoms with E-state index in [0.717, 1.165) is 32.9 Å². The molecule has 0 bridgehead atoms. The molecule has 2 N–H and O–H groups in total. The number of hydrogen-bond acceptors (Lipinski definition) is 5. The Kier molecular flexibility index (Phi) is 5.12. The molecule has 10 heteroatoms. The van der Waals surface area contributed by atoms with Crippen molar-refractivity contribution in [1.82, 2.24) is 24.7 Å². The predicted molar refractivity (Wildman–Crippen MR) is 100 cm³/mol. The number of rotatable bonds is 4. The van der Waals surface area contributed by atoms with Crippen molar-refractivity contribution in [2.75, 3.05) is 18.4 Å². The van der Waals surface area contributed by atoms with E-state index in [1.165, 1.54) is 35.1 Å². The molecule has 0 amide bonds. The minimum Gasteiger partial charge on any atom is -0.366 e. The van der Waals surface area contributed by atoms with E-state index in [-0.39, 0.29) is 17.4 Å². The summed E-state index contributed by atoms with van der Waals surface area (Å²) in [5, 5.41) is 6.49. The van der Waals surface area contributed by atoms with E-state index in [0.29, 0.717) is 17.2 Å². The molecule has 29 heavy (non-hydrogen) atoms. The maximum Gasteiger partial charge on any atom is 0.397 e. The number of anilines is 1. The molecule has 1 fully saturated rings. The SMILES string of the molecule is CC(c1cn2c(-c3cc(F)cc(NC4CCCNC4)n3)cnc2cn1)C(F)(F)F. The van der Waals surface area contributed by atoms with Crippen molar-refractivity contribution in [2.24, 2.45) is 0 Å². The van der Waals surface area contributed by atoms with Crippen molar-refractivity contribution < 1.29 is 17.6 Å². The Bertz CT molecular complexity index is 1010. The lowest BCUT2D eigenvalue weighted by Gasteiger charge is -2.24. The summed E-state index contributed by atoms with van der Waals surface area (Å²) < 4.78 is 54.9. The normalized spacial score (nSPS) is 18.7. The van der Waals surface area contributed by atoms with Gasteiger partial charge in [-0.1, -0.05) is 0 Å². The highest BCUT2D eigenvalue weighted by atomic mass is 19.4. The molecule has 0 saturated carbocycles. The third-order valence-electron chi connectivity index (χ3n) is 5.05. The van der Waals surface area contributed by atoms with Gasteiger partial charge in [-0.25, -0.2) is 14.4 Å². The Morgan fingerprint density at radius 2 is 2.07 bits per heavy atom. The summed E-state index contributed by atoms with van der Waals surface area (Å²) in [5.74, 6) is -1.85. The van der Waals surface area contributed by atoms with Crippen LogP contribution in [-0.2, 0) is 0 Å². The standard InChI is InChI=1S/C19H20F4N6/c1-11(19(21,22)23)15-10-29-16(8-26-18(29)9-25-15)14-5-12(20)6-17(28-14)27-13-3-2-4-24-7-13/h5-6,8-11,13,24H,2-4,7H2,1H3,(H,27,28). The van der Waals surface area contributed by atoms with Crippen LogP contribution in [0.5, 0.6) is 0 Å². The molecule has 2 unspecified atom stereocenters. The summed E-state index contributed by atoms with van der Waals surface area (Å²) in [6.45, 7) is 2.76. The lowest BCUT2D eigenvalue weighted by Crippen LogP contribution is -2.38. The molecule has 0 aliphatic carbocycles. The molecule has 2 atom stereocenters. The molecule has 0 spiro atoms. The molecule has 0 aromatic carbocycles. The van der Waals surface area contributed by atoms with Crippen LogP contribution in [0, 0.1) is 5.82 Å². The Labute approximate surface area is 164 Å². The molecular weight excluding hydrogens is 388 g/mol. The van der Waals surface area contributed by atoms with Gasteiger partial charge >= 0.3 is 6.18 Å². The summed E-state index contributed by atoms with van der Waals surface area (Å²) in [6, 6.07) is 2.68. The van der Waals surface area contributed by atoms with Gasteiger partial charge in [0.05, 0.1) is 35.4 Å². The third-order valence-corrected chi connectivity index (χ3v) is 5.05. The van der Waals surface area contributed by atoms with Crippen molar-refractivity contribution in [3.63, 3.8) is 0 Å². The zero-order valence-corrected chi connectivity index (χ0v) is 15.7. The van der Waals surface area contributed by atoms with Crippen LogP contribution in [-0.4, -0.2) is 44.7 Å². The zero-order chi connectivity index (χ0) is 20.6. The van der Waals surface area contributed by atoms with Crippen molar-refractivity contribution in [3.8, 4) is 11.4 Å². The fraction of sp³-hybridized carbons (Fsp3) is 0.421. The topological polar surface area (TPSA) is 67.1 Å². The van der Waals surface area contributed by atoms with Gasteiger partial charge in [-0.05, 0) is 26.3 Å². The monoisotopic (exact) mass is 408 g/mol. The summed E-state index contributed by atoms with van der Waals surface area (Å²) in [7, 11) is 0. The number of nitrogens with one attached hydrogen (secondary N) is 2. The Morgan fingerprint density at radius 3 is 2.79 bits per heavy atom. The summed E-state index contributed by atoms with van der Waals surface area (Å²) in [5.41, 5.74) is 0.880. The maximum atomic E-state index is 14.3. The van der Waals surface area contributed by atoms with Crippen LogP contribution in [0.15, 0.2) is 30.7 Å². The highest BCUT2D eigenvalue weighted by molar-refractivity contribution is 5.62. The van der Waals surface area contributed by atoms with Crippen molar-refractivity contribution in [2.45, 2.75) is 37.9 Å². The molecule has 1 saturated heterocycles. The van der Waals surface area contributed by atoms with Crippen LogP contribution in [0.1, 0.15) is 31.4 Å². The van der Waals surface area contributed by atoms with Gasteiger partial charge in [0, 0.05) is 30.9 Å². The van der Waals surface area contributed by atoms with E-state index in [9.17, 15) is 17.6 Å². The van der Waals surface area contributed by atoms with E-state index in [1.807, 2.05) is 0 Å². The zero-order valence-electron chi connectivity index (χ0n) is 15.7. The van der Waals surface area contributed by atoms with Crippen LogP contribution in [0.25, 0.3) is 17.0 Å². The summed E-state index contributed by atoms with van der Waals surface area (Å²) in [4.78, 5) is 12.5. The molecule has 154 valence electrons. The van der Waals surface area contributed by atoms with E-state index < -0.39 is 17.9 Å². The first-order valence-corrected chi connectivity index (χ1v) is 9.36. The molecule has 6 nitrogen and oxygen atoms in total. The van der Waals surface area contributed by atoms with Gasteiger partial charge in [0.15, 0.2) is 5.65 Å². The van der Waals surface area contributed by atoms with E-state index in [2.05, 4.69) is 25.6 Å². The summed E-state index contributed by atoms with van der Waals surface area (Å²) >= 11 is 0. The Hall–Kier alpha value is -2.75. The van der Waals surface area contributed by atoms with Crippen LogP contribution >= 0.6 is 0 Å². The smallest absolute Gasteiger partial charge is 0.366 e. The van der Waals surface area contributed by atoms with Gasteiger partial charge < -0.3 is 10.6 Å². The Balaban J connectivity index is 1.70. The van der Waals surface area contributed by atoms with Crippen LogP contribution < -0.4 is 10.6 Å². The second-order valence-electron chi connectivity index (χ2n) is 7.19. The number of pyridine rings is 1. The molecule has 3 aromatic heterocycles. The van der Waals surface area contributed by atoms with Crippen LogP contribution in [0.4, 0.5) is 23.4 Å². The number of hydrogen-bond donors (Lipinski definition) is 2. The van der Waals surface area contributed by atoms with Crippen LogP contribution in [0.3, 0.4) is 0 Å². The third kappa shape index (κ3) is 4.16. The van der Waals surface area contributed by atoms with Gasteiger partial charge in [0.1, 0.15) is 11.6 Å². The minimum absolute atomic E-state index is 0.136. The molecule has 0 radical (unpaired) electrons. The predicted octanol–water partition coefficient (Wildman–Crippen LogP) is 3.76. The van der Waals surface area contributed by atoms with Crippen LogP contribution in [0.2, 0.25) is 0 Å². The molecule has 4 rings (SSSR count). The second kappa shape index (κ2) is 7.58. The number of fused-ring (bicyclic) bond motifs is 1. The average Bonchev–Trinajstić information content (AvgIpc) is 3.10. The van der Waals surface area contributed by atoms with Crippen molar-refractivity contribution >= 4 is 11.5 Å². The van der Waals surface area contributed by atoms with E-state index in [1.54, 1.807) is 0 Å². The molecule has 3 aromatic rings. The number of imidazole rings is 1. The molecule has 1 aliphatic heterocycles. The molecule has 1 aliphatic rings. The van der Waals surface area contributed by atoms with Gasteiger partial charge in [-0.3, -0.25) is 9.38 Å². The lowest BCUT2D eigenvalue weighted by atomic mass is 10.1. The summed E-state index contributed by atoms with van der Waals surface area (Å²) in [6.07, 6.45) is 1.55. The quantitative estimate of drug-likeness (QED) is 0.644. The number of nitrogens with zero attached hydrogens (tertiary/aromatic N) is 4. The first-order valence-electron chi connectivity index (χ1n) is 9.36. The van der Waals surface area contributed by atoms with Gasteiger partial charge in [0.25, 0.3) is 0 Å². The second-order valence-corrected chi connectivity index (χ2v) is 7.19. The maximum absolute atomic E-state index is 14.3. The average molecular weight is 408 g/mol. The first kappa shape index (κ1) is 19.6. The van der Waals surface area contributed by atoms with Gasteiger partial charge in [0.2, 0.25) is 0 Å². The first-order chi connectivity index (χ1) is 13.8. The number of aromatic nitrogens is 4. The lowest BCUT2D eigenvalue weighted by molar-refractivity contribution is -0.147. The highest BCUT2D eigenvalue weighted by Gasteiger charge is 2.38. The highest BCUT2D eigenvalue weighted by Crippen LogP contribution is 2.33. The minimum atomic E-state index is -4.41. The Morgan fingerprint density at radius 1 is 1.24 bits per heavy atom. The fourth-order valence-electron chi connectivity index (χ4n) is 3.37. The van der Waals surface area contributed by atoms with Crippen molar-refractivity contribution in [3.05, 3.63) is 42.2 Å². The fourth-order valence-corrected chi connectivity index (χ4v) is 3.37. The number of alkyl halides is 3.